The molecule has 9 atom stereocenters. The van der Waals surface area contributed by atoms with E-state index in [0.717, 1.165) is 31.9 Å². The second kappa shape index (κ2) is 16.4. The minimum absolute atomic E-state index is 0.0331. The van der Waals surface area contributed by atoms with Crippen molar-refractivity contribution in [2.24, 2.45) is 35.0 Å². The molecule has 4 aliphatic rings. The van der Waals surface area contributed by atoms with Crippen LogP contribution >= 0.6 is 0 Å². The van der Waals surface area contributed by atoms with Crippen LogP contribution < -0.4 is 19.5 Å². The highest BCUT2D eigenvalue weighted by atomic mass is 16.7. The minimum atomic E-state index is -1.73. The first-order chi connectivity index (χ1) is 26.2. The van der Waals surface area contributed by atoms with Gasteiger partial charge in [-0.05, 0) is 51.9 Å². The van der Waals surface area contributed by atoms with Gasteiger partial charge < -0.3 is 33.7 Å². The molecule has 1 N–H and O–H groups in total. The molecule has 1 fully saturated rings. The molecule has 2 aliphatic heterocycles. The normalized spacial score (nSPS) is 31.1. The fourth-order valence-electron chi connectivity index (χ4n) is 9.29. The molecule has 1 aromatic rings. The van der Waals surface area contributed by atoms with Crippen molar-refractivity contribution in [1.82, 2.24) is 5.32 Å². The molecule has 2 heterocycles. The van der Waals surface area contributed by atoms with Crippen LogP contribution in [0, 0.1) is 41.9 Å². The smallest absolute Gasteiger partial charge is 0.308 e. The third-order valence-corrected chi connectivity index (χ3v) is 11.5. The van der Waals surface area contributed by atoms with Crippen LogP contribution in [0.25, 0.3) is 0 Å². The van der Waals surface area contributed by atoms with Crippen molar-refractivity contribution in [2.75, 3.05) is 7.11 Å². The first-order valence-electron chi connectivity index (χ1n) is 19.1. The van der Waals surface area contributed by atoms with Crippen LogP contribution in [-0.2, 0) is 47.8 Å². The lowest BCUT2D eigenvalue weighted by molar-refractivity contribution is -0.173. The Hall–Kier alpha value is -4.69. The molecule has 1 amide bonds. The summed E-state index contributed by atoms with van der Waals surface area (Å²) in [6, 6.07) is -0.388. The summed E-state index contributed by atoms with van der Waals surface area (Å²) in [7, 11) is 1.34. The fraction of sp³-hybridized carbons (Fsp3) is 0.595. The Morgan fingerprint density at radius 1 is 0.875 bits per heavy atom. The van der Waals surface area contributed by atoms with Crippen molar-refractivity contribution in [2.45, 2.75) is 119 Å². The number of carbonyl (C=O) groups excluding carboxylic acids is 7. The monoisotopic (exact) mass is 779 g/mol. The number of methoxy groups -OCH3 is 1. The Morgan fingerprint density at radius 3 is 2.05 bits per heavy atom. The van der Waals surface area contributed by atoms with E-state index in [1.165, 1.54) is 14.0 Å². The molecule has 0 aromatic heterocycles. The highest BCUT2D eigenvalue weighted by molar-refractivity contribution is 6.11. The van der Waals surface area contributed by atoms with Crippen molar-refractivity contribution in [1.29, 1.82) is 0 Å². The quantitative estimate of drug-likeness (QED) is 0.148. The van der Waals surface area contributed by atoms with E-state index in [4.69, 9.17) is 28.4 Å². The van der Waals surface area contributed by atoms with Gasteiger partial charge in [0.1, 0.15) is 11.5 Å². The third kappa shape index (κ3) is 7.69. The maximum Gasteiger partial charge on any atom is 0.308 e. The average Bonchev–Trinajstić information content (AvgIpc) is 3.61. The second-order valence-electron chi connectivity index (χ2n) is 16.0. The zero-order chi connectivity index (χ0) is 41.5. The maximum atomic E-state index is 16.1. The van der Waals surface area contributed by atoms with Crippen molar-refractivity contribution < 1.29 is 62.0 Å². The third-order valence-electron chi connectivity index (χ3n) is 11.5. The molecule has 0 bridgehead atoms. The lowest BCUT2D eigenvalue weighted by Crippen LogP contribution is -2.55. The number of fused-ring (bicyclic) bond motifs is 1. The number of ketones is 2. The Morgan fingerprint density at radius 2 is 1.48 bits per heavy atom. The highest BCUT2D eigenvalue weighted by Gasteiger charge is 2.67. The van der Waals surface area contributed by atoms with Crippen molar-refractivity contribution in [3.05, 3.63) is 40.0 Å². The van der Waals surface area contributed by atoms with Gasteiger partial charge in [0.15, 0.2) is 35.5 Å². The number of carbonyl (C=O) groups is 7. The summed E-state index contributed by atoms with van der Waals surface area (Å²) >= 11 is 0. The topological polar surface area (TPSA) is 187 Å². The van der Waals surface area contributed by atoms with Crippen molar-refractivity contribution in [3.8, 4) is 17.2 Å². The van der Waals surface area contributed by atoms with E-state index in [2.05, 4.69) is 5.32 Å². The molecule has 1 spiro atoms. The molecule has 304 valence electrons. The number of hydrogen-bond acceptors (Lipinski definition) is 13. The number of esters is 4. The van der Waals surface area contributed by atoms with E-state index in [9.17, 15) is 28.8 Å². The van der Waals surface area contributed by atoms with Gasteiger partial charge in [-0.1, -0.05) is 44.1 Å². The molecular formula is C42H53NO13. The van der Waals surface area contributed by atoms with Gasteiger partial charge in [-0.2, -0.15) is 0 Å². The van der Waals surface area contributed by atoms with Gasteiger partial charge in [0.05, 0.1) is 5.92 Å². The predicted molar refractivity (Wildman–Crippen MR) is 199 cm³/mol. The highest BCUT2D eigenvalue weighted by Crippen LogP contribution is 2.61. The summed E-state index contributed by atoms with van der Waals surface area (Å²) in [6.45, 7) is 16.0. The SMILES string of the molecule is CO[C@H]1O[C@H]([C@@H]2CC(=O)[C@H](OC(C)=O)CC/C(C)=C/[C@H]3C=C(C)[C@@H](C)[C@H]4[C@H](CC(C)C)NC(=O)[C@]43C2=O)c2c(OC(C)=O)c(OC(C)=O)c(OC(C)=O)c(C)c21. The van der Waals surface area contributed by atoms with Crippen LogP contribution in [-0.4, -0.2) is 60.6 Å². The summed E-state index contributed by atoms with van der Waals surface area (Å²) in [5, 5.41) is 3.20. The molecule has 14 nitrogen and oxygen atoms in total. The standard InChI is InChI=1S/C42H53NO13/c1-18(2)14-29-34-21(5)20(4)16-27-15-19(3)12-13-31(52-23(7)44)30(48)17-28(39(49)42(27,34)41(50)43-29)36-33-32(40(51-11)56-36)22(6)35(53-24(8)45)38(55-26(10)47)37(33)54-25(9)46/h15-16,18,21,27-29,31,34,36,40H,12-14,17H2,1-11H3,(H,43,50)/b19-15+/t21-,27+,28+,29+,31-,34+,36-,40+,42+/m1/s1. The largest absolute Gasteiger partial charge is 0.455 e. The average molecular weight is 780 g/mol. The van der Waals surface area contributed by atoms with E-state index in [1.807, 2.05) is 46.8 Å². The van der Waals surface area contributed by atoms with E-state index < -0.39 is 95.2 Å². The van der Waals surface area contributed by atoms with E-state index in [1.54, 1.807) is 6.92 Å². The number of nitrogens with one attached hydrogen (secondary N) is 1. The summed E-state index contributed by atoms with van der Waals surface area (Å²) < 4.78 is 34.8. The lowest BCUT2D eigenvalue weighted by atomic mass is 9.53. The lowest BCUT2D eigenvalue weighted by Gasteiger charge is -2.46. The Bertz CT molecular complexity index is 1910. The minimum Gasteiger partial charge on any atom is -0.455 e. The van der Waals surface area contributed by atoms with E-state index in [-0.39, 0.29) is 52.5 Å². The fourth-order valence-corrected chi connectivity index (χ4v) is 9.29. The van der Waals surface area contributed by atoms with E-state index >= 15 is 4.79 Å². The molecule has 0 saturated carbocycles. The number of Topliss-reactive ketones (excluding diaryl/α,β-unsaturated/α-hetero) is 2. The molecule has 1 aromatic carbocycles. The zero-order valence-corrected chi connectivity index (χ0v) is 34.0. The van der Waals surface area contributed by atoms with Crippen molar-refractivity contribution in [3.63, 3.8) is 0 Å². The first kappa shape index (κ1) is 42.5. The van der Waals surface area contributed by atoms with Crippen molar-refractivity contribution >= 4 is 41.4 Å². The van der Waals surface area contributed by atoms with Gasteiger partial charge in [-0.3, -0.25) is 33.6 Å². The number of amides is 1. The van der Waals surface area contributed by atoms with Crippen LogP contribution in [0.1, 0.15) is 117 Å². The Labute approximate surface area is 327 Å². The molecule has 2 aliphatic carbocycles. The zero-order valence-electron chi connectivity index (χ0n) is 34.0. The number of rotatable bonds is 8. The number of allylic oxidation sites excluding steroid dienone is 4. The van der Waals surface area contributed by atoms with Gasteiger partial charge in [0, 0.05) is 75.8 Å². The van der Waals surface area contributed by atoms with Crippen LogP contribution in [0.2, 0.25) is 0 Å². The number of hydrogen-bond donors (Lipinski definition) is 1. The van der Waals surface area contributed by atoms with Crippen LogP contribution in [0.15, 0.2) is 23.3 Å². The first-order valence-corrected chi connectivity index (χ1v) is 19.1. The second-order valence-corrected chi connectivity index (χ2v) is 16.0. The molecule has 5 rings (SSSR count). The van der Waals surface area contributed by atoms with Crippen LogP contribution in [0.5, 0.6) is 17.2 Å². The summed E-state index contributed by atoms with van der Waals surface area (Å²) in [5.41, 5.74) is 0.532. The molecule has 1 saturated heterocycles. The molecule has 14 heteroatoms. The van der Waals surface area contributed by atoms with E-state index in [0.29, 0.717) is 12.8 Å². The van der Waals surface area contributed by atoms with Gasteiger partial charge >= 0.3 is 23.9 Å². The maximum absolute atomic E-state index is 16.1. The number of benzene rings is 1. The molecule has 0 unspecified atom stereocenters. The Balaban J connectivity index is 1.88. The molecule has 56 heavy (non-hydrogen) atoms. The van der Waals surface area contributed by atoms with Crippen LogP contribution in [0.3, 0.4) is 0 Å². The van der Waals surface area contributed by atoms with Gasteiger partial charge in [-0.25, -0.2) is 0 Å². The van der Waals surface area contributed by atoms with Crippen LogP contribution in [0.4, 0.5) is 0 Å². The van der Waals surface area contributed by atoms with Gasteiger partial charge in [0.25, 0.3) is 0 Å². The van der Waals surface area contributed by atoms with Gasteiger partial charge in [0.2, 0.25) is 11.7 Å². The number of ether oxygens (including phenoxy) is 6. The molecular weight excluding hydrogens is 726 g/mol. The summed E-state index contributed by atoms with van der Waals surface area (Å²) in [6.07, 6.45) is 0.395. The van der Waals surface area contributed by atoms with Gasteiger partial charge in [-0.15, -0.1) is 0 Å². The molecule has 0 radical (unpaired) electrons. The Kier molecular flexibility index (Phi) is 12.4. The predicted octanol–water partition coefficient (Wildman–Crippen LogP) is 5.66. The summed E-state index contributed by atoms with van der Waals surface area (Å²) in [5.74, 6) is -8.69. The summed E-state index contributed by atoms with van der Waals surface area (Å²) in [4.78, 5) is 95.6.